The molecule has 1 N–H and O–H groups in total. The van der Waals surface area contributed by atoms with Crippen LogP contribution in [0, 0.1) is 20.8 Å². The third-order valence-electron chi connectivity index (χ3n) is 3.90. The van der Waals surface area contributed by atoms with E-state index in [0.29, 0.717) is 6.04 Å². The molecule has 0 aliphatic carbocycles. The van der Waals surface area contributed by atoms with Gasteiger partial charge in [-0.25, -0.2) is 0 Å². The lowest BCUT2D eigenvalue weighted by atomic mass is 9.91. The molecule has 0 bridgehead atoms. The Labute approximate surface area is 123 Å². The van der Waals surface area contributed by atoms with Gasteiger partial charge in [-0.3, -0.25) is 0 Å². The predicted octanol–water partition coefficient (Wildman–Crippen LogP) is 4.51. The molecule has 0 spiro atoms. The Balaban J connectivity index is 2.30. The number of hydrogen-bond donors (Lipinski definition) is 1. The molecule has 0 fully saturated rings. The maximum Gasteiger partial charge on any atom is 0.0360 e. The molecule has 2 aromatic rings. The maximum atomic E-state index is 3.62. The highest BCUT2D eigenvalue weighted by atomic mass is 14.9. The van der Waals surface area contributed by atoms with Gasteiger partial charge in [-0.2, -0.15) is 0 Å². The molecule has 0 heterocycles. The summed E-state index contributed by atoms with van der Waals surface area (Å²) in [7, 11) is 0. The van der Waals surface area contributed by atoms with E-state index in [1.54, 1.807) is 0 Å². The molecule has 0 radical (unpaired) electrons. The molecule has 2 rings (SSSR count). The van der Waals surface area contributed by atoms with E-state index in [2.05, 4.69) is 75.5 Å². The Hall–Kier alpha value is -1.60. The van der Waals surface area contributed by atoms with Crippen LogP contribution in [0.3, 0.4) is 0 Å². The second kappa shape index (κ2) is 6.71. The minimum Gasteiger partial charge on any atom is -0.310 e. The van der Waals surface area contributed by atoms with Crippen molar-refractivity contribution in [2.75, 3.05) is 6.54 Å². The van der Waals surface area contributed by atoms with Crippen molar-refractivity contribution in [3.8, 4) is 0 Å². The summed E-state index contributed by atoms with van der Waals surface area (Å²) in [5, 5.41) is 3.62. The number of benzene rings is 2. The summed E-state index contributed by atoms with van der Waals surface area (Å²) in [4.78, 5) is 0. The van der Waals surface area contributed by atoms with E-state index in [1.165, 1.54) is 27.8 Å². The van der Waals surface area contributed by atoms with Gasteiger partial charge in [0.05, 0.1) is 0 Å². The lowest BCUT2D eigenvalue weighted by Crippen LogP contribution is -2.23. The van der Waals surface area contributed by atoms with Gasteiger partial charge in [0.2, 0.25) is 0 Å². The molecule has 1 nitrogen and oxygen atoms in total. The van der Waals surface area contributed by atoms with Gasteiger partial charge < -0.3 is 5.32 Å². The van der Waals surface area contributed by atoms with Gasteiger partial charge in [0.1, 0.15) is 0 Å². The van der Waals surface area contributed by atoms with E-state index in [9.17, 15) is 0 Å². The summed E-state index contributed by atoms with van der Waals surface area (Å²) >= 11 is 0. The van der Waals surface area contributed by atoms with Gasteiger partial charge in [0, 0.05) is 6.04 Å². The number of hydrogen-bond acceptors (Lipinski definition) is 1. The molecule has 1 heteroatoms. The maximum absolute atomic E-state index is 3.62. The molecule has 0 aromatic heterocycles. The van der Waals surface area contributed by atoms with E-state index < -0.39 is 0 Å². The summed E-state index contributed by atoms with van der Waals surface area (Å²) in [5.74, 6) is 0. The van der Waals surface area contributed by atoms with Gasteiger partial charge in [-0.15, -0.1) is 0 Å². The van der Waals surface area contributed by atoms with Crippen molar-refractivity contribution in [3.05, 3.63) is 70.3 Å². The highest BCUT2D eigenvalue weighted by Gasteiger charge is 2.14. The number of likely N-dealkylation sites (N-methyl/N-ethyl adjacent to an activating group) is 1. The van der Waals surface area contributed by atoms with Gasteiger partial charge in [0.15, 0.2) is 0 Å². The van der Waals surface area contributed by atoms with Crippen molar-refractivity contribution < 1.29 is 0 Å². The molecular weight excluding hydrogens is 242 g/mol. The van der Waals surface area contributed by atoms with Crippen LogP contribution in [-0.4, -0.2) is 6.54 Å². The van der Waals surface area contributed by atoms with Gasteiger partial charge in [0.25, 0.3) is 0 Å². The zero-order valence-electron chi connectivity index (χ0n) is 13.0. The lowest BCUT2D eigenvalue weighted by molar-refractivity contribution is 0.547. The van der Waals surface area contributed by atoms with E-state index in [1.807, 2.05) is 0 Å². The second-order valence-corrected chi connectivity index (χ2v) is 5.60. The molecule has 106 valence electrons. The van der Waals surface area contributed by atoms with Crippen molar-refractivity contribution in [2.24, 2.45) is 0 Å². The molecule has 20 heavy (non-hydrogen) atoms. The highest BCUT2D eigenvalue weighted by Crippen LogP contribution is 2.24. The van der Waals surface area contributed by atoms with Crippen LogP contribution < -0.4 is 5.32 Å². The summed E-state index contributed by atoms with van der Waals surface area (Å²) in [6, 6.07) is 15.7. The minimum atomic E-state index is 0.390. The Kier molecular flexibility index (Phi) is 4.97. The molecule has 0 saturated heterocycles. The normalized spacial score (nSPS) is 12.4. The minimum absolute atomic E-state index is 0.390. The molecule has 0 aliphatic rings. The zero-order valence-corrected chi connectivity index (χ0v) is 13.0. The van der Waals surface area contributed by atoms with Crippen molar-refractivity contribution in [3.63, 3.8) is 0 Å². The molecular formula is C19H25N. The number of aryl methyl sites for hydroxylation is 3. The van der Waals surface area contributed by atoms with Gasteiger partial charge in [-0.05, 0) is 56.0 Å². The molecule has 1 atom stereocenters. The molecule has 0 saturated carbocycles. The summed E-state index contributed by atoms with van der Waals surface area (Å²) in [6.07, 6.45) is 1.05. The molecule has 0 aliphatic heterocycles. The van der Waals surface area contributed by atoms with E-state index in [-0.39, 0.29) is 0 Å². The van der Waals surface area contributed by atoms with Crippen molar-refractivity contribution in [2.45, 2.75) is 40.2 Å². The van der Waals surface area contributed by atoms with E-state index in [0.717, 1.165) is 13.0 Å². The third-order valence-corrected chi connectivity index (χ3v) is 3.90. The molecule has 1 unspecified atom stereocenters. The Morgan fingerprint density at radius 2 is 1.55 bits per heavy atom. The van der Waals surface area contributed by atoms with Crippen LogP contribution in [0.1, 0.15) is 40.8 Å². The van der Waals surface area contributed by atoms with Crippen LogP contribution in [0.25, 0.3) is 0 Å². The number of rotatable bonds is 5. The van der Waals surface area contributed by atoms with Crippen molar-refractivity contribution >= 4 is 0 Å². The average molecular weight is 267 g/mol. The molecule has 2 aromatic carbocycles. The molecule has 0 amide bonds. The van der Waals surface area contributed by atoms with Crippen LogP contribution in [0.15, 0.2) is 42.5 Å². The first-order valence-electron chi connectivity index (χ1n) is 7.47. The summed E-state index contributed by atoms with van der Waals surface area (Å²) in [5.41, 5.74) is 7.00. The van der Waals surface area contributed by atoms with Crippen LogP contribution in [0.2, 0.25) is 0 Å². The number of nitrogens with one attached hydrogen (secondary N) is 1. The Bertz CT molecular complexity index is 534. The summed E-state index contributed by atoms with van der Waals surface area (Å²) < 4.78 is 0. The zero-order chi connectivity index (χ0) is 14.5. The summed E-state index contributed by atoms with van der Waals surface area (Å²) in [6.45, 7) is 9.78. The highest BCUT2D eigenvalue weighted by molar-refractivity contribution is 5.39. The average Bonchev–Trinajstić information content (AvgIpc) is 2.42. The van der Waals surface area contributed by atoms with Gasteiger partial charge in [-0.1, -0.05) is 55.0 Å². The van der Waals surface area contributed by atoms with Crippen molar-refractivity contribution in [1.82, 2.24) is 5.32 Å². The fraction of sp³-hybridized carbons (Fsp3) is 0.368. The standard InChI is InChI=1S/C19H25N/c1-5-20-19(17-9-7-6-8-10-17)13-18-15(3)11-14(2)12-16(18)4/h6-12,19-20H,5,13H2,1-4H3. The van der Waals surface area contributed by atoms with Crippen LogP contribution in [0.5, 0.6) is 0 Å². The fourth-order valence-corrected chi connectivity index (χ4v) is 2.98. The fourth-order valence-electron chi connectivity index (χ4n) is 2.98. The van der Waals surface area contributed by atoms with E-state index in [4.69, 9.17) is 0 Å². The second-order valence-electron chi connectivity index (χ2n) is 5.60. The third kappa shape index (κ3) is 3.49. The topological polar surface area (TPSA) is 12.0 Å². The first kappa shape index (κ1) is 14.8. The Morgan fingerprint density at radius 3 is 2.10 bits per heavy atom. The SMILES string of the molecule is CCNC(Cc1c(C)cc(C)cc1C)c1ccccc1. The van der Waals surface area contributed by atoms with Crippen molar-refractivity contribution in [1.29, 1.82) is 0 Å². The predicted molar refractivity (Wildman–Crippen MR) is 87.2 cm³/mol. The Morgan fingerprint density at radius 1 is 0.950 bits per heavy atom. The lowest BCUT2D eigenvalue weighted by Gasteiger charge is -2.21. The first-order valence-corrected chi connectivity index (χ1v) is 7.47. The van der Waals surface area contributed by atoms with Gasteiger partial charge >= 0.3 is 0 Å². The monoisotopic (exact) mass is 267 g/mol. The quantitative estimate of drug-likeness (QED) is 0.840. The van der Waals surface area contributed by atoms with Crippen LogP contribution in [0.4, 0.5) is 0 Å². The van der Waals surface area contributed by atoms with Crippen LogP contribution >= 0.6 is 0 Å². The van der Waals surface area contributed by atoms with Crippen LogP contribution in [-0.2, 0) is 6.42 Å². The smallest absolute Gasteiger partial charge is 0.0360 e. The largest absolute Gasteiger partial charge is 0.310 e. The van der Waals surface area contributed by atoms with E-state index >= 15 is 0 Å². The first-order chi connectivity index (χ1) is 9.61.